The molecule has 0 aromatic carbocycles. The number of ether oxygens (including phenoxy) is 1. The van der Waals surface area contributed by atoms with Gasteiger partial charge in [-0.15, -0.1) is 13.2 Å². The molecular weight excluding hydrogens is 88.1 g/mol. The maximum absolute atomic E-state index is 4.36. The van der Waals surface area contributed by atoms with E-state index >= 15 is 0 Å². The minimum Gasteiger partial charge on any atom is -0.474 e. The molecule has 0 bridgehead atoms. The molecule has 0 radical (unpaired) electrons. The Morgan fingerprint density at radius 2 is 1.29 bits per heavy atom. The van der Waals surface area contributed by atoms with Crippen molar-refractivity contribution in [2.24, 2.45) is 0 Å². The van der Waals surface area contributed by atoms with Crippen LogP contribution in [-0.4, -0.2) is 0 Å². The summed E-state index contributed by atoms with van der Waals surface area (Å²) in [5, 5.41) is 0. The number of hydrogen-bond donors (Lipinski definition) is 0. The van der Waals surface area contributed by atoms with Crippen LogP contribution in [0.4, 0.5) is 0 Å². The van der Waals surface area contributed by atoms with Gasteiger partial charge in [0, 0.05) is 0 Å². The highest BCUT2D eigenvalue weighted by Crippen LogP contribution is 1.65. The SMILES string of the molecule is C=C.C=COC=C. The van der Waals surface area contributed by atoms with Crippen molar-refractivity contribution in [1.82, 2.24) is 0 Å². The summed E-state index contributed by atoms with van der Waals surface area (Å²) in [5.74, 6) is 0. The normalized spacial score (nSPS) is 4.57. The average Bonchev–Trinajstić information content (AvgIpc) is 1.75. The van der Waals surface area contributed by atoms with Crippen molar-refractivity contribution in [3.63, 3.8) is 0 Å². The van der Waals surface area contributed by atoms with Crippen LogP contribution in [0.3, 0.4) is 0 Å². The van der Waals surface area contributed by atoms with Gasteiger partial charge in [-0.2, -0.15) is 0 Å². The molecule has 40 valence electrons. The molecule has 0 fully saturated rings. The van der Waals surface area contributed by atoms with Gasteiger partial charge in [0.05, 0.1) is 12.5 Å². The van der Waals surface area contributed by atoms with Gasteiger partial charge >= 0.3 is 0 Å². The smallest absolute Gasteiger partial charge is 0.0829 e. The van der Waals surface area contributed by atoms with Gasteiger partial charge in [0.2, 0.25) is 0 Å². The number of rotatable bonds is 2. The van der Waals surface area contributed by atoms with E-state index in [0.29, 0.717) is 0 Å². The zero-order valence-electron chi connectivity index (χ0n) is 4.39. The van der Waals surface area contributed by atoms with Crippen molar-refractivity contribution >= 4 is 0 Å². The molecule has 0 spiro atoms. The fourth-order valence-electron chi connectivity index (χ4n) is 0.0680. The second-order valence-electron chi connectivity index (χ2n) is 0.469. The van der Waals surface area contributed by atoms with E-state index in [1.807, 2.05) is 0 Å². The second-order valence-corrected chi connectivity index (χ2v) is 0.469. The highest BCUT2D eigenvalue weighted by Gasteiger charge is 1.45. The zero-order valence-corrected chi connectivity index (χ0v) is 4.39. The van der Waals surface area contributed by atoms with Gasteiger partial charge in [-0.05, 0) is 0 Å². The van der Waals surface area contributed by atoms with Crippen molar-refractivity contribution in [1.29, 1.82) is 0 Å². The summed E-state index contributed by atoms with van der Waals surface area (Å²) in [5.41, 5.74) is 0. The first-order valence-corrected chi connectivity index (χ1v) is 1.79. The Morgan fingerprint density at radius 3 is 1.29 bits per heavy atom. The molecular formula is C6H10O. The van der Waals surface area contributed by atoms with Crippen LogP contribution in [-0.2, 0) is 4.74 Å². The van der Waals surface area contributed by atoms with Crippen molar-refractivity contribution in [3.8, 4) is 0 Å². The van der Waals surface area contributed by atoms with E-state index in [1.54, 1.807) is 0 Å². The summed E-state index contributed by atoms with van der Waals surface area (Å²) in [6, 6.07) is 0. The molecule has 7 heavy (non-hydrogen) atoms. The Morgan fingerprint density at radius 1 is 1.00 bits per heavy atom. The Labute approximate surface area is 44.6 Å². The standard InChI is InChI=1S/C4H6O.C2H4/c1-3-5-4-2;1-2/h3-4H,1-2H2;1-2H2. The van der Waals surface area contributed by atoms with Crippen LogP contribution in [0, 0.1) is 0 Å². The van der Waals surface area contributed by atoms with Gasteiger partial charge in [0.1, 0.15) is 0 Å². The Kier molecular flexibility index (Phi) is 26.7. The van der Waals surface area contributed by atoms with E-state index in [2.05, 4.69) is 31.1 Å². The number of hydrogen-bond acceptors (Lipinski definition) is 1. The third-order valence-corrected chi connectivity index (χ3v) is 0.192. The lowest BCUT2D eigenvalue weighted by molar-refractivity contribution is 0.406. The van der Waals surface area contributed by atoms with Crippen LogP contribution >= 0.6 is 0 Å². The van der Waals surface area contributed by atoms with E-state index in [9.17, 15) is 0 Å². The molecule has 0 saturated carbocycles. The maximum Gasteiger partial charge on any atom is 0.0829 e. The molecule has 0 unspecified atom stereocenters. The van der Waals surface area contributed by atoms with Crippen LogP contribution < -0.4 is 0 Å². The maximum atomic E-state index is 4.36. The molecule has 0 aromatic rings. The molecule has 0 aliphatic heterocycles. The third kappa shape index (κ3) is 44.0. The van der Waals surface area contributed by atoms with Crippen LogP contribution in [0.15, 0.2) is 38.8 Å². The Balaban J connectivity index is 0. The van der Waals surface area contributed by atoms with Crippen molar-refractivity contribution in [3.05, 3.63) is 38.8 Å². The van der Waals surface area contributed by atoms with Gasteiger partial charge in [0.25, 0.3) is 0 Å². The van der Waals surface area contributed by atoms with E-state index in [1.165, 1.54) is 12.5 Å². The Hall–Kier alpha value is -0.980. The van der Waals surface area contributed by atoms with Crippen LogP contribution in [0.1, 0.15) is 0 Å². The first-order valence-electron chi connectivity index (χ1n) is 1.79. The van der Waals surface area contributed by atoms with Gasteiger partial charge in [-0.1, -0.05) is 13.2 Å². The third-order valence-electron chi connectivity index (χ3n) is 0.192. The lowest BCUT2D eigenvalue weighted by Gasteiger charge is -1.76. The predicted molar refractivity (Wildman–Crippen MR) is 32.7 cm³/mol. The monoisotopic (exact) mass is 98.1 g/mol. The fourth-order valence-corrected chi connectivity index (χ4v) is 0.0680. The molecule has 1 nitrogen and oxygen atoms in total. The van der Waals surface area contributed by atoms with E-state index in [0.717, 1.165) is 0 Å². The van der Waals surface area contributed by atoms with Gasteiger partial charge in [-0.3, -0.25) is 0 Å². The summed E-state index contributed by atoms with van der Waals surface area (Å²) >= 11 is 0. The summed E-state index contributed by atoms with van der Waals surface area (Å²) in [4.78, 5) is 0. The molecule has 1 heteroatoms. The highest BCUT2D eigenvalue weighted by atomic mass is 16.5. The minimum absolute atomic E-state index is 1.31. The summed E-state index contributed by atoms with van der Waals surface area (Å²) in [6.07, 6.45) is 2.62. The first kappa shape index (κ1) is 9.39. The molecule has 0 aromatic heterocycles. The van der Waals surface area contributed by atoms with Crippen molar-refractivity contribution in [2.45, 2.75) is 0 Å². The lowest BCUT2D eigenvalue weighted by Crippen LogP contribution is -1.52. The van der Waals surface area contributed by atoms with Gasteiger partial charge in [0.15, 0.2) is 0 Å². The van der Waals surface area contributed by atoms with Crippen LogP contribution in [0.2, 0.25) is 0 Å². The quantitative estimate of drug-likeness (QED) is 0.379. The first-order chi connectivity index (χ1) is 3.41. The van der Waals surface area contributed by atoms with Gasteiger partial charge < -0.3 is 4.74 Å². The summed E-state index contributed by atoms with van der Waals surface area (Å²) in [6.45, 7) is 12.5. The van der Waals surface area contributed by atoms with Crippen LogP contribution in [0.25, 0.3) is 0 Å². The highest BCUT2D eigenvalue weighted by molar-refractivity contribution is 4.57. The second kappa shape index (κ2) is 19.9. The molecule has 0 aliphatic carbocycles. The van der Waals surface area contributed by atoms with Gasteiger partial charge in [-0.25, -0.2) is 0 Å². The summed E-state index contributed by atoms with van der Waals surface area (Å²) in [7, 11) is 0. The van der Waals surface area contributed by atoms with Crippen molar-refractivity contribution < 1.29 is 4.74 Å². The van der Waals surface area contributed by atoms with E-state index < -0.39 is 0 Å². The van der Waals surface area contributed by atoms with Crippen LogP contribution in [0.5, 0.6) is 0 Å². The molecule has 0 atom stereocenters. The molecule has 0 rings (SSSR count). The molecule has 0 amide bonds. The topological polar surface area (TPSA) is 9.23 Å². The van der Waals surface area contributed by atoms with E-state index in [4.69, 9.17) is 0 Å². The Bertz CT molecular complexity index is 42.1. The fraction of sp³-hybridized carbons (Fsp3) is 0. The van der Waals surface area contributed by atoms with E-state index in [-0.39, 0.29) is 0 Å². The lowest BCUT2D eigenvalue weighted by atomic mass is 11.1. The zero-order chi connectivity index (χ0) is 6.12. The summed E-state index contributed by atoms with van der Waals surface area (Å²) < 4.78 is 4.36. The largest absolute Gasteiger partial charge is 0.474 e. The average molecular weight is 98.1 g/mol. The predicted octanol–water partition coefficient (Wildman–Crippen LogP) is 2.09. The minimum atomic E-state index is 1.31. The van der Waals surface area contributed by atoms with Crippen molar-refractivity contribution in [2.75, 3.05) is 0 Å². The molecule has 0 heterocycles. The molecule has 0 saturated heterocycles. The molecule has 0 aliphatic rings. The molecule has 0 N–H and O–H groups in total.